The minimum atomic E-state index is -1.49. The highest BCUT2D eigenvalue weighted by atomic mass is 35.5. The molecule has 0 unspecified atom stereocenters. The fourth-order valence-corrected chi connectivity index (χ4v) is 7.55. The maximum atomic E-state index is 14.9. The number of hydrogen-bond acceptors (Lipinski definition) is 6. The van der Waals surface area contributed by atoms with Crippen LogP contribution in [0.15, 0.2) is 97.2 Å². The molecule has 1 spiro atoms. The second kappa shape index (κ2) is 10.5. The number of Topliss-reactive ketones (excluding diaryl/α,β-unsaturated/α-hetero) is 2. The molecule has 9 heteroatoms. The van der Waals surface area contributed by atoms with Gasteiger partial charge >= 0.3 is 5.97 Å². The molecule has 4 aromatic rings. The molecule has 0 bridgehead atoms. The standard InChI is InChI=1S/C35H24Cl2N2O5/c1-19(40)44-23-13-10-21(11-14-23)31(41)30-29(32(42)25-15-12-22(36)18-27(25)37)35(26-8-4-5-9-28(26)38-34(35)43)33-24-7-3-2-6-20(24)16-17-39(30)33/h2-18,29-30,33H,1H3,(H,38,43)/t29-,30+,33+,35+/m1/s1. The molecule has 3 heterocycles. The molecule has 1 fully saturated rings. The van der Waals surface area contributed by atoms with Crippen molar-refractivity contribution >= 4 is 58.4 Å². The van der Waals surface area contributed by atoms with Crippen molar-refractivity contribution in [2.45, 2.75) is 24.4 Å². The normalized spacial score (nSPS) is 22.7. The van der Waals surface area contributed by atoms with Crippen LogP contribution in [0.3, 0.4) is 0 Å². The van der Waals surface area contributed by atoms with E-state index in [1.807, 2.05) is 53.4 Å². The average Bonchev–Trinajstić information content (AvgIpc) is 3.49. The number of para-hydroxylation sites is 1. The van der Waals surface area contributed by atoms with Gasteiger partial charge in [-0.15, -0.1) is 0 Å². The Morgan fingerprint density at radius 3 is 2.36 bits per heavy atom. The lowest BCUT2D eigenvalue weighted by molar-refractivity contribution is -0.131. The third kappa shape index (κ3) is 4.11. The number of nitrogens with one attached hydrogen (secondary N) is 1. The summed E-state index contributed by atoms with van der Waals surface area (Å²) in [5.41, 5.74) is 1.90. The van der Waals surface area contributed by atoms with E-state index in [0.717, 1.165) is 11.1 Å². The van der Waals surface area contributed by atoms with Crippen LogP contribution in [0.5, 0.6) is 5.75 Å². The topological polar surface area (TPSA) is 92.8 Å². The van der Waals surface area contributed by atoms with Crippen LogP contribution < -0.4 is 10.1 Å². The van der Waals surface area contributed by atoms with Gasteiger partial charge in [-0.1, -0.05) is 65.7 Å². The van der Waals surface area contributed by atoms with Crippen molar-refractivity contribution in [2.75, 3.05) is 5.32 Å². The summed E-state index contributed by atoms with van der Waals surface area (Å²) < 4.78 is 5.16. The van der Waals surface area contributed by atoms with E-state index in [4.69, 9.17) is 27.9 Å². The molecule has 218 valence electrons. The van der Waals surface area contributed by atoms with E-state index in [-0.39, 0.29) is 28.0 Å². The minimum absolute atomic E-state index is 0.127. The van der Waals surface area contributed by atoms with Crippen LogP contribution >= 0.6 is 23.2 Å². The van der Waals surface area contributed by atoms with Crippen molar-refractivity contribution in [1.29, 1.82) is 0 Å². The smallest absolute Gasteiger partial charge is 0.308 e. The molecule has 3 aliphatic rings. The van der Waals surface area contributed by atoms with E-state index in [0.29, 0.717) is 21.8 Å². The number of fused-ring (bicyclic) bond motifs is 6. The van der Waals surface area contributed by atoms with Gasteiger partial charge in [-0.3, -0.25) is 19.2 Å². The molecular weight excluding hydrogens is 599 g/mol. The molecule has 0 aromatic heterocycles. The molecule has 3 aliphatic heterocycles. The van der Waals surface area contributed by atoms with Gasteiger partial charge in [0.15, 0.2) is 11.6 Å². The van der Waals surface area contributed by atoms with Crippen LogP contribution in [0.4, 0.5) is 5.69 Å². The van der Waals surface area contributed by atoms with Gasteiger partial charge in [-0.2, -0.15) is 0 Å². The monoisotopic (exact) mass is 622 g/mol. The van der Waals surface area contributed by atoms with E-state index in [1.165, 1.54) is 31.2 Å². The maximum absolute atomic E-state index is 14.9. The number of nitrogens with zero attached hydrogens (tertiary/aromatic N) is 1. The van der Waals surface area contributed by atoms with Gasteiger partial charge < -0.3 is 15.0 Å². The molecule has 1 amide bonds. The van der Waals surface area contributed by atoms with Crippen LogP contribution in [0.1, 0.15) is 50.4 Å². The van der Waals surface area contributed by atoms with Gasteiger partial charge in [-0.05, 0) is 71.3 Å². The highest BCUT2D eigenvalue weighted by molar-refractivity contribution is 6.37. The minimum Gasteiger partial charge on any atom is -0.427 e. The first-order valence-electron chi connectivity index (χ1n) is 14.0. The molecule has 44 heavy (non-hydrogen) atoms. The summed E-state index contributed by atoms with van der Waals surface area (Å²) in [4.78, 5) is 57.4. The molecule has 0 radical (unpaired) electrons. The van der Waals surface area contributed by atoms with E-state index >= 15 is 0 Å². The molecular formula is C35H24Cl2N2O5. The van der Waals surface area contributed by atoms with E-state index < -0.39 is 35.2 Å². The summed E-state index contributed by atoms with van der Waals surface area (Å²) in [6, 6.07) is 23.9. The predicted octanol–water partition coefficient (Wildman–Crippen LogP) is 6.90. The zero-order valence-corrected chi connectivity index (χ0v) is 24.8. The Bertz CT molecular complexity index is 1920. The van der Waals surface area contributed by atoms with E-state index in [2.05, 4.69) is 5.32 Å². The number of carbonyl (C=O) groups excluding carboxylic acids is 4. The van der Waals surface area contributed by atoms with Gasteiger partial charge in [0, 0.05) is 35.0 Å². The number of rotatable bonds is 5. The number of hydrogen-bond donors (Lipinski definition) is 1. The lowest BCUT2D eigenvalue weighted by Gasteiger charge is -2.38. The summed E-state index contributed by atoms with van der Waals surface area (Å²) in [6.45, 7) is 1.29. The van der Waals surface area contributed by atoms with E-state index in [9.17, 15) is 19.2 Å². The first-order chi connectivity index (χ1) is 21.2. The van der Waals surface area contributed by atoms with Crippen molar-refractivity contribution in [1.82, 2.24) is 4.90 Å². The van der Waals surface area contributed by atoms with Crippen LogP contribution in [0, 0.1) is 5.92 Å². The Balaban J connectivity index is 1.49. The summed E-state index contributed by atoms with van der Waals surface area (Å²) >= 11 is 12.8. The quantitative estimate of drug-likeness (QED) is 0.148. The molecule has 4 aromatic carbocycles. The summed E-state index contributed by atoms with van der Waals surface area (Å²) in [6.07, 6.45) is 3.69. The van der Waals surface area contributed by atoms with Crippen LogP contribution in [0.25, 0.3) is 6.08 Å². The van der Waals surface area contributed by atoms with Gasteiger partial charge in [0.2, 0.25) is 5.91 Å². The van der Waals surface area contributed by atoms with Gasteiger partial charge in [0.05, 0.1) is 17.0 Å². The highest BCUT2D eigenvalue weighted by Gasteiger charge is 2.70. The fraction of sp³-hybridized carbons (Fsp3) is 0.143. The molecule has 0 saturated carbocycles. The summed E-state index contributed by atoms with van der Waals surface area (Å²) in [5.74, 6) is -2.59. The van der Waals surface area contributed by atoms with E-state index in [1.54, 1.807) is 30.5 Å². The molecule has 7 nitrogen and oxygen atoms in total. The van der Waals surface area contributed by atoms with Crippen LogP contribution in [-0.4, -0.2) is 34.4 Å². The van der Waals surface area contributed by atoms with Crippen molar-refractivity contribution in [3.63, 3.8) is 0 Å². The van der Waals surface area contributed by atoms with Crippen molar-refractivity contribution in [3.8, 4) is 5.75 Å². The first-order valence-corrected chi connectivity index (χ1v) is 14.7. The fourth-order valence-electron chi connectivity index (χ4n) is 7.05. The number of ether oxygens (including phenoxy) is 1. The van der Waals surface area contributed by atoms with Crippen LogP contribution in [-0.2, 0) is 15.0 Å². The average molecular weight is 623 g/mol. The van der Waals surface area contributed by atoms with Gasteiger partial charge in [-0.25, -0.2) is 0 Å². The Kier molecular flexibility index (Phi) is 6.68. The molecule has 7 rings (SSSR count). The van der Waals surface area contributed by atoms with Crippen molar-refractivity contribution in [2.24, 2.45) is 5.92 Å². The van der Waals surface area contributed by atoms with Crippen molar-refractivity contribution in [3.05, 3.63) is 135 Å². The molecule has 0 aliphatic carbocycles. The zero-order valence-electron chi connectivity index (χ0n) is 23.3. The Morgan fingerprint density at radius 2 is 1.61 bits per heavy atom. The third-order valence-electron chi connectivity index (χ3n) is 8.72. The first kappa shape index (κ1) is 28.1. The number of halogens is 2. The SMILES string of the molecule is CC(=O)Oc1ccc(C(=O)[C@@H]2[C@H](C(=O)c3ccc(Cl)cc3Cl)[C@]3(C(=O)Nc4ccccc43)[C@@H]3c4ccccc4C=CN23)cc1. The number of amides is 1. The third-order valence-corrected chi connectivity index (χ3v) is 9.27. The maximum Gasteiger partial charge on any atom is 0.308 e. The van der Waals surface area contributed by atoms with Gasteiger partial charge in [0.1, 0.15) is 17.2 Å². The Morgan fingerprint density at radius 1 is 0.886 bits per heavy atom. The zero-order chi connectivity index (χ0) is 30.7. The van der Waals surface area contributed by atoms with Crippen molar-refractivity contribution < 1.29 is 23.9 Å². The number of anilines is 1. The Labute approximate surface area is 263 Å². The molecule has 4 atom stereocenters. The second-order valence-electron chi connectivity index (χ2n) is 11.1. The lowest BCUT2D eigenvalue weighted by Crippen LogP contribution is -2.49. The van der Waals surface area contributed by atoms with Crippen LogP contribution in [0.2, 0.25) is 10.0 Å². The number of carbonyl (C=O) groups is 4. The summed E-state index contributed by atoms with van der Waals surface area (Å²) in [5, 5.41) is 3.50. The Hall–Kier alpha value is -4.72. The second-order valence-corrected chi connectivity index (χ2v) is 11.9. The summed E-state index contributed by atoms with van der Waals surface area (Å²) in [7, 11) is 0. The number of ketones is 2. The molecule has 1 N–H and O–H groups in total. The largest absolute Gasteiger partial charge is 0.427 e. The highest BCUT2D eigenvalue weighted by Crippen LogP contribution is 2.62. The molecule has 1 saturated heterocycles. The number of benzene rings is 4. The number of esters is 1. The predicted molar refractivity (Wildman–Crippen MR) is 167 cm³/mol. The lowest BCUT2D eigenvalue weighted by atomic mass is 9.62. The van der Waals surface area contributed by atoms with Gasteiger partial charge in [0.25, 0.3) is 0 Å².